The van der Waals surface area contributed by atoms with Crippen molar-refractivity contribution in [2.45, 2.75) is 74.4 Å². The molecule has 8 rings (SSSR count). The Hall–Kier alpha value is -1.93. The van der Waals surface area contributed by atoms with Gasteiger partial charge in [0.05, 0.1) is 11.2 Å². The van der Waals surface area contributed by atoms with E-state index >= 15 is 0 Å². The molecule has 32 heavy (non-hydrogen) atoms. The van der Waals surface area contributed by atoms with Gasteiger partial charge in [-0.3, -0.25) is 0 Å². The van der Waals surface area contributed by atoms with Gasteiger partial charge in [0.15, 0.2) is 0 Å². The minimum absolute atomic E-state index is 0.620. The van der Waals surface area contributed by atoms with Crippen LogP contribution >= 0.6 is 11.8 Å². The predicted octanol–water partition coefficient (Wildman–Crippen LogP) is 8.14. The maximum Gasteiger partial charge on any atom is 0.0549 e. The van der Waals surface area contributed by atoms with Crippen LogP contribution in [0.25, 0.3) is 22.7 Å². The van der Waals surface area contributed by atoms with Crippen LogP contribution in [-0.2, 0) is 6.42 Å². The summed E-state index contributed by atoms with van der Waals surface area (Å²) in [5.41, 5.74) is 9.89. The molecule has 0 radical (unpaired) electrons. The Labute approximate surface area is 195 Å². The fraction of sp³-hybridized carbons (Fsp3) is 0.467. The van der Waals surface area contributed by atoms with E-state index < -0.39 is 0 Å². The van der Waals surface area contributed by atoms with Gasteiger partial charge in [-0.05, 0) is 110 Å². The van der Waals surface area contributed by atoms with Gasteiger partial charge in [0.2, 0.25) is 0 Å². The van der Waals surface area contributed by atoms with Crippen molar-refractivity contribution >= 4 is 28.7 Å². The summed E-state index contributed by atoms with van der Waals surface area (Å²) in [5.74, 6) is 2.59. The first kappa shape index (κ1) is 18.5. The van der Waals surface area contributed by atoms with Crippen LogP contribution in [0.1, 0.15) is 74.6 Å². The molecule has 0 bridgehead atoms. The standard InChI is InChI=1S/C30H31NS/c1-30-14-13-20(30)16-27-24(17-30)22-11-12-25-28(29(22)32-27)23-10-9-18-7-8-19(18)15-26(23)31(25)21-5-3-2-4-6-21/h2-6,11-12,15,18,20,24,27H,7-10,13-14,16-17H2,1H3. The number of hydrogen-bond donors (Lipinski definition) is 0. The molecule has 0 amide bonds. The lowest BCUT2D eigenvalue weighted by atomic mass is 9.52. The molecule has 1 aromatic heterocycles. The maximum atomic E-state index is 2.59. The molecule has 3 aromatic rings. The minimum Gasteiger partial charge on any atom is -0.310 e. The molecule has 3 saturated carbocycles. The Bertz CT molecular complexity index is 1300. The quantitative estimate of drug-likeness (QED) is 0.372. The van der Waals surface area contributed by atoms with E-state index in [1.165, 1.54) is 68.3 Å². The average Bonchev–Trinajstić information content (AvgIpc) is 3.25. The Morgan fingerprint density at radius 3 is 2.66 bits per heavy atom. The second kappa shape index (κ2) is 6.35. The Morgan fingerprint density at radius 1 is 1.00 bits per heavy atom. The smallest absolute Gasteiger partial charge is 0.0549 e. The van der Waals surface area contributed by atoms with Gasteiger partial charge >= 0.3 is 0 Å². The van der Waals surface area contributed by atoms with Crippen molar-refractivity contribution in [2.75, 3.05) is 0 Å². The maximum absolute atomic E-state index is 2.59. The fourth-order valence-corrected chi connectivity index (χ4v) is 9.59. The van der Waals surface area contributed by atoms with Crippen molar-refractivity contribution in [3.63, 3.8) is 0 Å². The van der Waals surface area contributed by atoms with Crippen molar-refractivity contribution in [3.05, 3.63) is 64.9 Å². The zero-order valence-corrected chi connectivity index (χ0v) is 19.8. The van der Waals surface area contributed by atoms with Gasteiger partial charge in [-0.1, -0.05) is 36.8 Å². The predicted molar refractivity (Wildman–Crippen MR) is 135 cm³/mol. The molecule has 0 N–H and O–H groups in total. The molecule has 5 atom stereocenters. The second-order valence-corrected chi connectivity index (χ2v) is 12.7. The Morgan fingerprint density at radius 2 is 1.88 bits per heavy atom. The summed E-state index contributed by atoms with van der Waals surface area (Å²) in [4.78, 5) is 1.65. The lowest BCUT2D eigenvalue weighted by molar-refractivity contribution is -0.000721. The van der Waals surface area contributed by atoms with E-state index in [2.05, 4.69) is 71.8 Å². The summed E-state index contributed by atoms with van der Waals surface area (Å²) in [6.45, 7) is 2.58. The van der Waals surface area contributed by atoms with Gasteiger partial charge in [0.25, 0.3) is 0 Å². The van der Waals surface area contributed by atoms with Crippen LogP contribution in [0.2, 0.25) is 0 Å². The van der Waals surface area contributed by atoms with E-state index in [9.17, 15) is 0 Å². The topological polar surface area (TPSA) is 4.93 Å². The van der Waals surface area contributed by atoms with Crippen molar-refractivity contribution in [3.8, 4) is 5.69 Å². The number of fused-ring (bicyclic) bond motifs is 9. The molecule has 1 nitrogen and oxygen atoms in total. The number of rotatable bonds is 1. The molecular weight excluding hydrogens is 406 g/mol. The number of nitrogens with zero attached hydrogens (tertiary/aromatic N) is 1. The van der Waals surface area contributed by atoms with Crippen LogP contribution < -0.4 is 0 Å². The Kier molecular flexibility index (Phi) is 3.67. The average molecular weight is 438 g/mol. The van der Waals surface area contributed by atoms with Crippen molar-refractivity contribution < 1.29 is 0 Å². The molecule has 5 unspecified atom stereocenters. The van der Waals surface area contributed by atoms with E-state index in [0.29, 0.717) is 5.41 Å². The molecule has 2 heterocycles. The van der Waals surface area contributed by atoms with Gasteiger partial charge < -0.3 is 4.57 Å². The molecule has 162 valence electrons. The fourth-order valence-electron chi connectivity index (χ4n) is 7.85. The summed E-state index contributed by atoms with van der Waals surface area (Å²) < 4.78 is 2.59. The molecule has 2 heteroatoms. The molecule has 3 fully saturated rings. The third kappa shape index (κ3) is 2.32. The molecule has 2 aromatic carbocycles. The highest BCUT2D eigenvalue weighted by Gasteiger charge is 2.53. The number of thioether (sulfide) groups is 1. The number of hydrogen-bond acceptors (Lipinski definition) is 1. The first-order valence-corrected chi connectivity index (χ1v) is 13.7. The first-order valence-electron chi connectivity index (χ1n) is 12.8. The van der Waals surface area contributed by atoms with Gasteiger partial charge in [-0.2, -0.15) is 0 Å². The van der Waals surface area contributed by atoms with Crippen molar-refractivity contribution in [1.82, 2.24) is 4.57 Å². The van der Waals surface area contributed by atoms with Gasteiger partial charge in [0, 0.05) is 21.2 Å². The van der Waals surface area contributed by atoms with E-state index in [4.69, 9.17) is 0 Å². The molecule has 1 aliphatic heterocycles. The van der Waals surface area contributed by atoms with Gasteiger partial charge in [-0.15, -0.1) is 11.8 Å². The van der Waals surface area contributed by atoms with Crippen LogP contribution in [0.5, 0.6) is 0 Å². The highest BCUT2D eigenvalue weighted by atomic mass is 32.2. The summed E-state index contributed by atoms with van der Waals surface area (Å²) in [6, 6.07) is 16.1. The Balaban J connectivity index is 1.37. The molecular formula is C30H31NS. The SMILES string of the molecule is CC12CCC1CC1Sc3c(ccc4c3c3c(n4-c4ccccc4)C=C4CCC4CC3)C1C2. The van der Waals surface area contributed by atoms with Crippen LogP contribution in [0.3, 0.4) is 0 Å². The second-order valence-electron chi connectivity index (χ2n) is 11.5. The van der Waals surface area contributed by atoms with E-state index in [1.807, 2.05) is 0 Å². The van der Waals surface area contributed by atoms with E-state index in [0.717, 1.165) is 23.0 Å². The number of benzene rings is 2. The lowest BCUT2D eigenvalue weighted by Crippen LogP contribution is -2.45. The number of aryl methyl sites for hydroxylation is 1. The number of para-hydroxylation sites is 1. The number of allylic oxidation sites excluding steroid dienone is 1. The van der Waals surface area contributed by atoms with Crippen LogP contribution in [0.4, 0.5) is 0 Å². The third-order valence-corrected chi connectivity index (χ3v) is 11.5. The third-order valence-electron chi connectivity index (χ3n) is 10.0. The summed E-state index contributed by atoms with van der Waals surface area (Å²) in [5, 5.41) is 2.42. The largest absolute Gasteiger partial charge is 0.310 e. The van der Waals surface area contributed by atoms with Gasteiger partial charge in [-0.25, -0.2) is 0 Å². The highest BCUT2D eigenvalue weighted by Crippen LogP contribution is 2.65. The minimum atomic E-state index is 0.620. The number of aromatic nitrogens is 1. The molecule has 0 saturated heterocycles. The zero-order valence-electron chi connectivity index (χ0n) is 18.9. The van der Waals surface area contributed by atoms with Crippen LogP contribution in [0, 0.1) is 17.3 Å². The molecule has 5 aliphatic rings. The highest BCUT2D eigenvalue weighted by molar-refractivity contribution is 8.00. The van der Waals surface area contributed by atoms with Gasteiger partial charge in [0.1, 0.15) is 0 Å². The van der Waals surface area contributed by atoms with E-state index in [1.54, 1.807) is 27.0 Å². The molecule has 0 spiro atoms. The van der Waals surface area contributed by atoms with E-state index in [-0.39, 0.29) is 0 Å². The van der Waals surface area contributed by atoms with Crippen molar-refractivity contribution in [1.29, 1.82) is 0 Å². The lowest BCUT2D eigenvalue weighted by Gasteiger charge is -2.54. The summed E-state index contributed by atoms with van der Waals surface area (Å²) in [6.07, 6.45) is 13.7. The summed E-state index contributed by atoms with van der Waals surface area (Å²) in [7, 11) is 0. The summed E-state index contributed by atoms with van der Waals surface area (Å²) >= 11 is 2.26. The zero-order chi connectivity index (χ0) is 21.0. The normalized spacial score (nSPS) is 34.2. The van der Waals surface area contributed by atoms with Crippen LogP contribution in [-0.4, -0.2) is 9.82 Å². The monoisotopic (exact) mass is 437 g/mol. The molecule has 4 aliphatic carbocycles. The van der Waals surface area contributed by atoms with Crippen molar-refractivity contribution in [2.24, 2.45) is 17.3 Å². The first-order chi connectivity index (χ1) is 15.7. The van der Waals surface area contributed by atoms with Crippen LogP contribution in [0.15, 0.2) is 52.9 Å².